The smallest absolute Gasteiger partial charge is 0.331 e. The van der Waals surface area contributed by atoms with Gasteiger partial charge in [-0.1, -0.05) is 0 Å². The van der Waals surface area contributed by atoms with Crippen molar-refractivity contribution in [3.63, 3.8) is 0 Å². The second kappa shape index (κ2) is 7.30. The van der Waals surface area contributed by atoms with Crippen LogP contribution < -0.4 is 0 Å². The number of aromatic nitrogens is 4. The molecule has 2 aromatic heterocycles. The van der Waals surface area contributed by atoms with Gasteiger partial charge in [-0.15, -0.1) is 0 Å². The Hall–Kier alpha value is -3.10. The predicted molar refractivity (Wildman–Crippen MR) is 104 cm³/mol. The van der Waals surface area contributed by atoms with E-state index in [1.165, 1.54) is 6.20 Å². The van der Waals surface area contributed by atoms with Gasteiger partial charge in [0, 0.05) is 36.6 Å². The van der Waals surface area contributed by atoms with Crippen LogP contribution in [0.25, 0.3) is 5.69 Å². The first-order valence-electron chi connectivity index (χ1n) is 9.71. The minimum Gasteiger partial charge on any atom is -0.331 e. The first kappa shape index (κ1) is 20.2. The molecule has 0 radical (unpaired) electrons. The van der Waals surface area contributed by atoms with Crippen LogP contribution in [0.4, 0.5) is 13.2 Å². The van der Waals surface area contributed by atoms with Crippen molar-refractivity contribution in [2.45, 2.75) is 38.9 Å². The number of alkyl halides is 3. The number of aryl methyl sites for hydroxylation is 2. The summed E-state index contributed by atoms with van der Waals surface area (Å²) in [5, 5.41) is 8.04. The SMILES string of the molecule is Cc1nn(C)c(C)c1C1CCCN1C(=O)c1ccc(-n2ccc(C(F)(F)F)n2)cc1. The third-order valence-electron chi connectivity index (χ3n) is 5.67. The summed E-state index contributed by atoms with van der Waals surface area (Å²) >= 11 is 0. The Bertz CT molecular complexity index is 1080. The third kappa shape index (κ3) is 3.48. The molecule has 158 valence electrons. The number of amides is 1. The van der Waals surface area contributed by atoms with Crippen molar-refractivity contribution in [1.82, 2.24) is 24.5 Å². The quantitative estimate of drug-likeness (QED) is 0.641. The first-order chi connectivity index (χ1) is 14.2. The van der Waals surface area contributed by atoms with Crippen molar-refractivity contribution >= 4 is 5.91 Å². The van der Waals surface area contributed by atoms with Gasteiger partial charge in [-0.05, 0) is 57.0 Å². The Kier molecular flexibility index (Phi) is 4.91. The average Bonchev–Trinajstić information content (AvgIpc) is 3.41. The summed E-state index contributed by atoms with van der Waals surface area (Å²) in [7, 11) is 1.89. The third-order valence-corrected chi connectivity index (χ3v) is 5.67. The molecule has 4 rings (SSSR count). The van der Waals surface area contributed by atoms with Gasteiger partial charge in [0.1, 0.15) is 0 Å². The zero-order valence-corrected chi connectivity index (χ0v) is 16.9. The number of hydrogen-bond donors (Lipinski definition) is 0. The maximum absolute atomic E-state index is 13.2. The van der Waals surface area contributed by atoms with E-state index in [-0.39, 0.29) is 11.9 Å². The van der Waals surface area contributed by atoms with Crippen LogP contribution in [0.3, 0.4) is 0 Å². The van der Waals surface area contributed by atoms with E-state index in [9.17, 15) is 18.0 Å². The summed E-state index contributed by atoms with van der Waals surface area (Å²) < 4.78 is 41.3. The molecule has 1 aromatic carbocycles. The highest BCUT2D eigenvalue weighted by atomic mass is 19.4. The molecule has 1 aliphatic heterocycles. The predicted octanol–water partition coefficient (Wildman–Crippen LogP) is 4.22. The normalized spacial score (nSPS) is 17.0. The van der Waals surface area contributed by atoms with Crippen molar-refractivity contribution in [2.75, 3.05) is 6.54 Å². The summed E-state index contributed by atoms with van der Waals surface area (Å²) in [4.78, 5) is 15.0. The van der Waals surface area contributed by atoms with Gasteiger partial charge >= 0.3 is 6.18 Å². The summed E-state index contributed by atoms with van der Waals surface area (Å²) in [6.07, 6.45) is -1.45. The molecule has 6 nitrogen and oxygen atoms in total. The lowest BCUT2D eigenvalue weighted by atomic mass is 10.0. The summed E-state index contributed by atoms with van der Waals surface area (Å²) in [5.41, 5.74) is 3.06. The molecule has 30 heavy (non-hydrogen) atoms. The maximum Gasteiger partial charge on any atom is 0.435 e. The summed E-state index contributed by atoms with van der Waals surface area (Å²) in [6, 6.07) is 7.37. The lowest BCUT2D eigenvalue weighted by Crippen LogP contribution is -2.31. The van der Waals surface area contributed by atoms with E-state index in [4.69, 9.17) is 0 Å². The molecule has 1 amide bonds. The number of nitrogens with zero attached hydrogens (tertiary/aromatic N) is 5. The lowest BCUT2D eigenvalue weighted by Gasteiger charge is -2.25. The topological polar surface area (TPSA) is 56.0 Å². The van der Waals surface area contributed by atoms with Gasteiger partial charge in [0.15, 0.2) is 5.69 Å². The Morgan fingerprint density at radius 2 is 1.80 bits per heavy atom. The van der Waals surface area contributed by atoms with E-state index >= 15 is 0 Å². The molecule has 0 aliphatic carbocycles. The summed E-state index contributed by atoms with van der Waals surface area (Å²) in [5.74, 6) is -0.0943. The molecule has 0 N–H and O–H groups in total. The maximum atomic E-state index is 13.2. The van der Waals surface area contributed by atoms with Crippen LogP contribution in [0.15, 0.2) is 36.5 Å². The Morgan fingerprint density at radius 3 is 2.37 bits per heavy atom. The van der Waals surface area contributed by atoms with Gasteiger partial charge in [-0.25, -0.2) is 4.68 Å². The van der Waals surface area contributed by atoms with Crippen LogP contribution in [0.1, 0.15) is 51.9 Å². The van der Waals surface area contributed by atoms with Crippen LogP contribution in [0.5, 0.6) is 0 Å². The molecular weight excluding hydrogens is 395 g/mol. The van der Waals surface area contributed by atoms with Gasteiger partial charge in [0.05, 0.1) is 17.4 Å². The highest BCUT2D eigenvalue weighted by molar-refractivity contribution is 5.95. The van der Waals surface area contributed by atoms with Crippen molar-refractivity contribution in [1.29, 1.82) is 0 Å². The standard InChI is InChI=1S/C21H22F3N5O/c1-13-19(14(2)27(3)25-13)17-5-4-11-28(17)20(30)15-6-8-16(9-7-15)29-12-10-18(26-29)21(22,23)24/h6-10,12,17H,4-5,11H2,1-3H3. The van der Waals surface area contributed by atoms with Gasteiger partial charge < -0.3 is 4.90 Å². The molecule has 0 bridgehead atoms. The summed E-state index contributed by atoms with van der Waals surface area (Å²) in [6.45, 7) is 4.62. The fraction of sp³-hybridized carbons (Fsp3) is 0.381. The zero-order valence-electron chi connectivity index (χ0n) is 16.9. The molecule has 3 aromatic rings. The monoisotopic (exact) mass is 417 g/mol. The molecule has 1 saturated heterocycles. The van der Waals surface area contributed by atoms with Crippen LogP contribution >= 0.6 is 0 Å². The molecule has 1 atom stereocenters. The fourth-order valence-corrected chi connectivity index (χ4v) is 4.12. The van der Waals surface area contributed by atoms with Crippen molar-refractivity contribution in [3.05, 3.63) is 64.7 Å². The average molecular weight is 417 g/mol. The Balaban J connectivity index is 1.57. The van der Waals surface area contributed by atoms with Crippen LogP contribution in [-0.4, -0.2) is 36.9 Å². The number of benzene rings is 1. The van der Waals surface area contributed by atoms with Gasteiger partial charge in [-0.2, -0.15) is 23.4 Å². The van der Waals surface area contributed by atoms with Crippen molar-refractivity contribution in [3.8, 4) is 5.69 Å². The van der Waals surface area contributed by atoms with Gasteiger partial charge in [0.2, 0.25) is 0 Å². The van der Waals surface area contributed by atoms with Crippen LogP contribution in [0, 0.1) is 13.8 Å². The number of rotatable bonds is 3. The second-order valence-corrected chi connectivity index (χ2v) is 7.55. The molecule has 9 heteroatoms. The van der Waals surface area contributed by atoms with E-state index < -0.39 is 11.9 Å². The number of carbonyl (C=O) groups excluding carboxylic acids is 1. The number of likely N-dealkylation sites (tertiary alicyclic amines) is 1. The highest BCUT2D eigenvalue weighted by Gasteiger charge is 2.35. The van der Waals surface area contributed by atoms with Crippen molar-refractivity contribution < 1.29 is 18.0 Å². The van der Waals surface area contributed by atoms with E-state index in [1.54, 1.807) is 24.3 Å². The molecule has 3 heterocycles. The molecule has 1 aliphatic rings. The highest BCUT2D eigenvalue weighted by Crippen LogP contribution is 2.36. The second-order valence-electron chi connectivity index (χ2n) is 7.55. The van der Waals surface area contributed by atoms with Gasteiger partial charge in [0.25, 0.3) is 5.91 Å². The van der Waals surface area contributed by atoms with Crippen LogP contribution in [-0.2, 0) is 13.2 Å². The largest absolute Gasteiger partial charge is 0.435 e. The number of halogens is 3. The lowest BCUT2D eigenvalue weighted by molar-refractivity contribution is -0.141. The first-order valence-corrected chi connectivity index (χ1v) is 9.71. The van der Waals surface area contributed by atoms with E-state index in [0.29, 0.717) is 17.8 Å². The Morgan fingerprint density at radius 1 is 1.10 bits per heavy atom. The van der Waals surface area contributed by atoms with E-state index in [0.717, 1.165) is 40.5 Å². The van der Waals surface area contributed by atoms with Crippen molar-refractivity contribution in [2.24, 2.45) is 7.05 Å². The van der Waals surface area contributed by atoms with E-state index in [1.807, 2.05) is 30.5 Å². The Labute approximate surface area is 171 Å². The zero-order chi connectivity index (χ0) is 21.6. The molecule has 1 fully saturated rings. The molecule has 0 spiro atoms. The number of carbonyl (C=O) groups is 1. The molecule has 0 saturated carbocycles. The minimum absolute atomic E-state index is 0.0219. The van der Waals surface area contributed by atoms with Gasteiger partial charge in [-0.3, -0.25) is 9.48 Å². The van der Waals surface area contributed by atoms with Crippen LogP contribution in [0.2, 0.25) is 0 Å². The molecule has 1 unspecified atom stereocenters. The minimum atomic E-state index is -4.49. The molecular formula is C21H22F3N5O. The fourth-order valence-electron chi connectivity index (χ4n) is 4.12. The number of hydrogen-bond acceptors (Lipinski definition) is 3. The van der Waals surface area contributed by atoms with E-state index in [2.05, 4.69) is 10.2 Å².